The second-order valence-electron chi connectivity index (χ2n) is 2.20. The van der Waals surface area contributed by atoms with Gasteiger partial charge in [0.15, 0.2) is 0 Å². The summed E-state index contributed by atoms with van der Waals surface area (Å²) in [4.78, 5) is 12.4. The van der Waals surface area contributed by atoms with Crippen molar-refractivity contribution in [1.29, 1.82) is 0 Å². The average Bonchev–Trinajstić information content (AvgIpc) is 2.13. The summed E-state index contributed by atoms with van der Waals surface area (Å²) in [6.45, 7) is 4.78. The molecular formula is C7H11NO2. The van der Waals surface area contributed by atoms with Crippen LogP contribution in [0.1, 0.15) is 12.8 Å². The number of amides is 1. The Balaban J connectivity index is 2.51. The largest absolute Gasteiger partial charge is 0.449 e. The van der Waals surface area contributed by atoms with Gasteiger partial charge in [-0.2, -0.15) is 0 Å². The lowest BCUT2D eigenvalue weighted by atomic mass is 10.3. The molecule has 1 amide bonds. The van der Waals surface area contributed by atoms with Gasteiger partial charge in [0, 0.05) is 12.7 Å². The molecule has 0 bridgehead atoms. The van der Waals surface area contributed by atoms with Crippen LogP contribution in [0.5, 0.6) is 0 Å². The zero-order valence-corrected chi connectivity index (χ0v) is 5.88. The molecule has 56 valence electrons. The van der Waals surface area contributed by atoms with Crippen LogP contribution in [0.25, 0.3) is 0 Å². The van der Waals surface area contributed by atoms with Gasteiger partial charge in [0.2, 0.25) is 0 Å². The van der Waals surface area contributed by atoms with Crippen LogP contribution in [0.4, 0.5) is 4.79 Å². The van der Waals surface area contributed by atoms with Crippen molar-refractivity contribution >= 4 is 6.09 Å². The van der Waals surface area contributed by atoms with Gasteiger partial charge in [0.1, 0.15) is 0 Å². The third-order valence-corrected chi connectivity index (χ3v) is 1.47. The van der Waals surface area contributed by atoms with Crippen molar-refractivity contribution in [2.75, 3.05) is 13.2 Å². The van der Waals surface area contributed by atoms with E-state index in [1.54, 1.807) is 0 Å². The predicted molar refractivity (Wildman–Crippen MR) is 37.5 cm³/mol. The normalized spacial score (nSPS) is 19.6. The Labute approximate surface area is 60.3 Å². The molecule has 0 atom stereocenters. The molecule has 0 aromatic heterocycles. The number of carbonyl (C=O) groups is 1. The number of cyclic esters (lactones) is 1. The highest BCUT2D eigenvalue weighted by Gasteiger charge is 2.13. The molecule has 1 aliphatic heterocycles. The maximum Gasteiger partial charge on any atom is 0.413 e. The lowest BCUT2D eigenvalue weighted by Crippen LogP contribution is -2.24. The van der Waals surface area contributed by atoms with Crippen LogP contribution in [-0.4, -0.2) is 24.1 Å². The molecule has 10 heavy (non-hydrogen) atoms. The Morgan fingerprint density at radius 2 is 2.40 bits per heavy atom. The first-order chi connectivity index (χ1) is 4.84. The molecule has 3 heteroatoms. The summed E-state index contributed by atoms with van der Waals surface area (Å²) >= 11 is 0. The smallest absolute Gasteiger partial charge is 0.413 e. The fraction of sp³-hybridized carbons (Fsp3) is 0.571. The molecule has 1 rings (SSSR count). The Kier molecular flexibility index (Phi) is 2.31. The molecule has 0 aromatic carbocycles. The zero-order chi connectivity index (χ0) is 7.40. The predicted octanol–water partition coefficient (Wildman–Crippen LogP) is 1.36. The summed E-state index contributed by atoms with van der Waals surface area (Å²) < 4.78 is 4.82. The first-order valence-corrected chi connectivity index (χ1v) is 3.40. The van der Waals surface area contributed by atoms with Gasteiger partial charge < -0.3 is 4.74 Å². The van der Waals surface area contributed by atoms with Gasteiger partial charge in [-0.1, -0.05) is 6.58 Å². The third-order valence-electron chi connectivity index (χ3n) is 1.47. The lowest BCUT2D eigenvalue weighted by molar-refractivity contribution is 0.129. The standard InChI is InChI=1S/C7H11NO2/c1-2-8-5-3-4-6-10-7(8)9/h2H,1,3-6H2. The topological polar surface area (TPSA) is 29.5 Å². The summed E-state index contributed by atoms with van der Waals surface area (Å²) in [5.74, 6) is 0. The second-order valence-corrected chi connectivity index (χ2v) is 2.20. The van der Waals surface area contributed by atoms with Gasteiger partial charge >= 0.3 is 6.09 Å². The molecule has 1 aliphatic rings. The molecule has 1 fully saturated rings. The Bertz CT molecular complexity index is 145. The molecule has 1 saturated heterocycles. The van der Waals surface area contributed by atoms with Gasteiger partial charge in [-0.05, 0) is 12.8 Å². The first-order valence-electron chi connectivity index (χ1n) is 3.40. The Morgan fingerprint density at radius 3 is 3.10 bits per heavy atom. The van der Waals surface area contributed by atoms with E-state index < -0.39 is 0 Å². The van der Waals surface area contributed by atoms with Crippen molar-refractivity contribution in [3.8, 4) is 0 Å². The van der Waals surface area contributed by atoms with Crippen LogP contribution < -0.4 is 0 Å². The van der Waals surface area contributed by atoms with Gasteiger partial charge in [-0.15, -0.1) is 0 Å². The SMILES string of the molecule is C=CN1CCCCOC1=O. The minimum atomic E-state index is -0.271. The van der Waals surface area contributed by atoms with Gasteiger partial charge in [-0.3, -0.25) is 4.90 Å². The lowest BCUT2D eigenvalue weighted by Gasteiger charge is -2.11. The molecule has 0 saturated carbocycles. The summed E-state index contributed by atoms with van der Waals surface area (Å²) in [6.07, 6.45) is 3.19. The molecule has 0 aliphatic carbocycles. The van der Waals surface area contributed by atoms with E-state index in [9.17, 15) is 4.79 Å². The fourth-order valence-corrected chi connectivity index (χ4v) is 0.884. The average molecular weight is 141 g/mol. The van der Waals surface area contributed by atoms with Crippen molar-refractivity contribution in [1.82, 2.24) is 4.90 Å². The van der Waals surface area contributed by atoms with Crippen LogP contribution in [0, 0.1) is 0 Å². The Morgan fingerprint density at radius 1 is 1.60 bits per heavy atom. The van der Waals surface area contributed by atoms with E-state index in [1.165, 1.54) is 11.1 Å². The molecule has 0 unspecified atom stereocenters. The van der Waals surface area contributed by atoms with E-state index >= 15 is 0 Å². The highest BCUT2D eigenvalue weighted by molar-refractivity contribution is 5.68. The van der Waals surface area contributed by atoms with Crippen molar-refractivity contribution in [2.24, 2.45) is 0 Å². The maximum absolute atomic E-state index is 10.9. The van der Waals surface area contributed by atoms with Crippen molar-refractivity contribution in [3.05, 3.63) is 12.8 Å². The summed E-state index contributed by atoms with van der Waals surface area (Å²) in [6, 6.07) is 0. The molecule has 1 heterocycles. The van der Waals surface area contributed by atoms with Crippen LogP contribution in [0.15, 0.2) is 12.8 Å². The van der Waals surface area contributed by atoms with Crippen molar-refractivity contribution in [3.63, 3.8) is 0 Å². The van der Waals surface area contributed by atoms with Crippen molar-refractivity contribution < 1.29 is 9.53 Å². The molecule has 0 radical (unpaired) electrons. The zero-order valence-electron chi connectivity index (χ0n) is 5.88. The van der Waals surface area contributed by atoms with Crippen LogP contribution in [-0.2, 0) is 4.74 Å². The number of hydrogen-bond donors (Lipinski definition) is 0. The minimum absolute atomic E-state index is 0.271. The maximum atomic E-state index is 10.9. The van der Waals surface area contributed by atoms with Crippen molar-refractivity contribution in [2.45, 2.75) is 12.8 Å². The highest BCUT2D eigenvalue weighted by Crippen LogP contribution is 2.04. The number of nitrogens with zero attached hydrogens (tertiary/aromatic N) is 1. The molecule has 0 aromatic rings. The van der Waals surface area contributed by atoms with E-state index in [4.69, 9.17) is 4.74 Å². The Hall–Kier alpha value is -0.990. The first kappa shape index (κ1) is 7.12. The minimum Gasteiger partial charge on any atom is -0.449 e. The number of rotatable bonds is 1. The molecular weight excluding hydrogens is 130 g/mol. The van der Waals surface area contributed by atoms with Gasteiger partial charge in [-0.25, -0.2) is 4.79 Å². The van der Waals surface area contributed by atoms with E-state index in [2.05, 4.69) is 6.58 Å². The summed E-state index contributed by atoms with van der Waals surface area (Å²) in [7, 11) is 0. The quantitative estimate of drug-likeness (QED) is 0.551. The highest BCUT2D eigenvalue weighted by atomic mass is 16.6. The van der Waals surface area contributed by atoms with Crippen LogP contribution in [0.3, 0.4) is 0 Å². The van der Waals surface area contributed by atoms with Crippen LogP contribution >= 0.6 is 0 Å². The third kappa shape index (κ3) is 1.50. The van der Waals surface area contributed by atoms with Gasteiger partial charge in [0.25, 0.3) is 0 Å². The van der Waals surface area contributed by atoms with E-state index in [1.807, 2.05) is 0 Å². The number of hydrogen-bond acceptors (Lipinski definition) is 2. The van der Waals surface area contributed by atoms with E-state index in [0.717, 1.165) is 19.4 Å². The number of carbonyl (C=O) groups excluding carboxylic acids is 1. The molecule has 3 nitrogen and oxygen atoms in total. The van der Waals surface area contributed by atoms with Crippen LogP contribution in [0.2, 0.25) is 0 Å². The number of ether oxygens (including phenoxy) is 1. The fourth-order valence-electron chi connectivity index (χ4n) is 0.884. The van der Waals surface area contributed by atoms with E-state index in [-0.39, 0.29) is 6.09 Å². The monoisotopic (exact) mass is 141 g/mol. The summed E-state index contributed by atoms with van der Waals surface area (Å²) in [5, 5.41) is 0. The molecule has 0 N–H and O–H groups in total. The second kappa shape index (κ2) is 3.25. The summed E-state index contributed by atoms with van der Waals surface area (Å²) in [5.41, 5.74) is 0. The van der Waals surface area contributed by atoms with E-state index in [0.29, 0.717) is 6.61 Å². The molecule has 0 spiro atoms. The van der Waals surface area contributed by atoms with Gasteiger partial charge in [0.05, 0.1) is 6.61 Å².